The molecule has 0 aromatic carbocycles. The Morgan fingerprint density at radius 2 is 1.82 bits per heavy atom. The molecule has 15 nitrogen and oxygen atoms in total. The van der Waals surface area contributed by atoms with Crippen molar-refractivity contribution in [1.29, 1.82) is 0 Å². The van der Waals surface area contributed by atoms with Gasteiger partial charge in [-0.25, -0.2) is 15.0 Å². The zero-order chi connectivity index (χ0) is 25.5. The van der Waals surface area contributed by atoms with Crippen LogP contribution in [0.5, 0.6) is 0 Å². The third-order valence-corrected chi connectivity index (χ3v) is 6.41. The molecule has 0 aliphatic carbocycles. The van der Waals surface area contributed by atoms with Crippen LogP contribution in [0, 0.1) is 0 Å². The van der Waals surface area contributed by atoms with E-state index in [1.54, 1.807) is 13.8 Å². The van der Waals surface area contributed by atoms with E-state index in [-0.39, 0.29) is 19.0 Å². The number of ether oxygens (including phenoxy) is 3. The molecule has 192 valence electrons. The van der Waals surface area contributed by atoms with Crippen LogP contribution in [-0.2, 0) is 32.9 Å². The van der Waals surface area contributed by atoms with Crippen molar-refractivity contribution in [2.75, 3.05) is 38.6 Å². The number of carbonyl (C=O) groups excluding carboxylic acids is 2. The summed E-state index contributed by atoms with van der Waals surface area (Å²) in [6, 6.07) is 1.31. The molecular weight excluding hydrogens is 477 g/mol. The van der Waals surface area contributed by atoms with Crippen LogP contribution in [0.3, 0.4) is 0 Å². The lowest BCUT2D eigenvalue weighted by Gasteiger charge is -2.27. The van der Waals surface area contributed by atoms with Gasteiger partial charge in [0.15, 0.2) is 6.23 Å². The molecule has 1 fully saturated rings. The van der Waals surface area contributed by atoms with E-state index >= 15 is 0 Å². The van der Waals surface area contributed by atoms with Crippen molar-refractivity contribution >= 4 is 25.4 Å². The van der Waals surface area contributed by atoms with Crippen molar-refractivity contribution in [2.45, 2.75) is 44.8 Å². The number of nitrogens with zero attached hydrogens (tertiary/aromatic N) is 2. The lowest BCUT2D eigenvalue weighted by molar-refractivity contribution is -0.142. The molecule has 2 rings (SSSR count). The molecule has 0 amide bonds. The molecule has 1 saturated heterocycles. The van der Waals surface area contributed by atoms with Gasteiger partial charge in [-0.1, -0.05) is 0 Å². The average Bonchev–Trinajstić information content (AvgIpc) is 2.99. The van der Waals surface area contributed by atoms with Gasteiger partial charge in [0.2, 0.25) is 0 Å². The van der Waals surface area contributed by atoms with Gasteiger partial charge in [-0.15, -0.1) is 0 Å². The fraction of sp³-hybridized carbons (Fsp3) is 0.667. The van der Waals surface area contributed by atoms with E-state index in [1.807, 2.05) is 0 Å². The zero-order valence-corrected chi connectivity index (χ0v) is 19.9. The molecule has 0 radical (unpaired) electrons. The summed E-state index contributed by atoms with van der Waals surface area (Å²) in [7, 11) is -4.07. The summed E-state index contributed by atoms with van der Waals surface area (Å²) in [6.07, 6.45) is -2.96. The molecule has 0 spiro atoms. The molecule has 1 aromatic heterocycles. The van der Waals surface area contributed by atoms with Crippen molar-refractivity contribution in [3.63, 3.8) is 0 Å². The summed E-state index contributed by atoms with van der Waals surface area (Å²) in [4.78, 5) is 39.0. The molecule has 0 saturated carbocycles. The molecule has 1 aromatic rings. The van der Waals surface area contributed by atoms with Crippen molar-refractivity contribution in [1.82, 2.24) is 19.7 Å². The molecule has 0 bridgehead atoms. The van der Waals surface area contributed by atoms with Crippen LogP contribution >= 0.6 is 7.67 Å². The number of carbonyl (C=O) groups is 2. The highest BCUT2D eigenvalue weighted by atomic mass is 31.2. The van der Waals surface area contributed by atoms with E-state index in [9.17, 15) is 29.2 Å². The Bertz CT molecular complexity index is 945. The lowest BCUT2D eigenvalue weighted by Crippen LogP contribution is -2.46. The second-order valence-corrected chi connectivity index (χ2v) is 9.36. The molecule has 6 N–H and O–H groups in total. The molecule has 4 atom stereocenters. The first-order chi connectivity index (χ1) is 15.9. The highest BCUT2D eigenvalue weighted by molar-refractivity contribution is 7.54. The van der Waals surface area contributed by atoms with Gasteiger partial charge in [-0.3, -0.25) is 18.7 Å². The van der Waals surface area contributed by atoms with Gasteiger partial charge >= 0.3 is 25.3 Å². The van der Waals surface area contributed by atoms with Gasteiger partial charge in [0.1, 0.15) is 36.7 Å². The first-order valence-electron chi connectivity index (χ1n) is 10.4. The van der Waals surface area contributed by atoms with Crippen LogP contribution in [0.2, 0.25) is 0 Å². The predicted molar refractivity (Wildman–Crippen MR) is 116 cm³/mol. The molecule has 34 heavy (non-hydrogen) atoms. The summed E-state index contributed by atoms with van der Waals surface area (Å²) in [5.41, 5.74) is 2.69. The Hall–Kier alpha value is -2.39. The fourth-order valence-corrected chi connectivity index (χ4v) is 4.39. The highest BCUT2D eigenvalue weighted by Gasteiger charge is 2.54. The van der Waals surface area contributed by atoms with Crippen molar-refractivity contribution in [3.05, 3.63) is 22.7 Å². The number of anilines is 1. The molecule has 1 aliphatic heterocycles. The number of aromatic nitrogens is 2. The molecule has 16 heteroatoms. The Balaban J connectivity index is 2.13. The maximum Gasteiger partial charge on any atom is 0.351 e. The van der Waals surface area contributed by atoms with Crippen molar-refractivity contribution in [3.8, 4) is 0 Å². The number of nitrogens with two attached hydrogens (primary N) is 1. The van der Waals surface area contributed by atoms with Gasteiger partial charge in [0.05, 0.1) is 19.8 Å². The summed E-state index contributed by atoms with van der Waals surface area (Å²) < 4.78 is 34.6. The number of hydrogen-bond acceptors (Lipinski definition) is 12. The summed E-state index contributed by atoms with van der Waals surface area (Å²) in [6.45, 7) is 3.03. The van der Waals surface area contributed by atoms with E-state index in [0.717, 1.165) is 4.57 Å². The van der Waals surface area contributed by atoms with Gasteiger partial charge in [-0.2, -0.15) is 4.98 Å². The number of hydrogen-bond donors (Lipinski definition) is 5. The summed E-state index contributed by atoms with van der Waals surface area (Å²) >= 11 is 0. The monoisotopic (exact) mass is 507 g/mol. The van der Waals surface area contributed by atoms with Gasteiger partial charge in [0.25, 0.3) is 0 Å². The fourth-order valence-electron chi connectivity index (χ4n) is 3.07. The van der Waals surface area contributed by atoms with Crippen LogP contribution in [0.25, 0.3) is 0 Å². The number of rotatable bonds is 12. The van der Waals surface area contributed by atoms with Crippen molar-refractivity contribution < 1.29 is 43.1 Å². The quantitative estimate of drug-likeness (QED) is 0.157. The summed E-state index contributed by atoms with van der Waals surface area (Å²) in [5, 5.41) is 26.1. The average molecular weight is 507 g/mol. The topological polar surface area (TPSA) is 214 Å². The summed E-state index contributed by atoms with van der Waals surface area (Å²) in [5.74, 6) is -1.49. The SMILES string of the molecule is CCOC(=O)CNP(=O)(NCC(=O)OCC)OC[C@H]1O[C@@H](n2ccc(N)nc2=O)[C@@](C)(O)C1O. The third kappa shape index (κ3) is 7.06. The largest absolute Gasteiger partial charge is 0.465 e. The first kappa shape index (κ1) is 27.9. The minimum Gasteiger partial charge on any atom is -0.465 e. The van der Waals surface area contributed by atoms with Crippen LogP contribution < -0.4 is 21.6 Å². The first-order valence-corrected chi connectivity index (χ1v) is 12.0. The van der Waals surface area contributed by atoms with Crippen molar-refractivity contribution in [2.24, 2.45) is 0 Å². The minimum atomic E-state index is -4.07. The number of esters is 2. The van der Waals surface area contributed by atoms with Gasteiger partial charge in [-0.05, 0) is 26.8 Å². The Kier molecular flexibility index (Phi) is 9.70. The molecule has 1 aliphatic rings. The van der Waals surface area contributed by atoms with E-state index in [1.165, 1.54) is 19.2 Å². The third-order valence-electron chi connectivity index (χ3n) is 4.75. The van der Waals surface area contributed by atoms with E-state index in [2.05, 4.69) is 15.2 Å². The zero-order valence-electron chi connectivity index (χ0n) is 19.0. The molecular formula is C18H30N5O10P. The van der Waals surface area contributed by atoms with Gasteiger partial charge < -0.3 is 34.7 Å². The number of aliphatic hydroxyl groups is 2. The Labute approximate surface area is 195 Å². The second-order valence-electron chi connectivity index (χ2n) is 7.37. The van der Waals surface area contributed by atoms with Crippen LogP contribution in [0.15, 0.2) is 17.1 Å². The smallest absolute Gasteiger partial charge is 0.351 e. The number of aliphatic hydroxyl groups excluding tert-OH is 1. The Morgan fingerprint density at radius 3 is 2.32 bits per heavy atom. The van der Waals surface area contributed by atoms with Crippen LogP contribution in [-0.4, -0.2) is 82.4 Å². The molecule has 1 unspecified atom stereocenters. The normalized spacial score (nSPS) is 24.7. The van der Waals surface area contributed by atoms with Crippen LogP contribution in [0.4, 0.5) is 5.82 Å². The van der Waals surface area contributed by atoms with E-state index < -0.39 is 69.0 Å². The molecule has 2 heterocycles. The lowest BCUT2D eigenvalue weighted by atomic mass is 9.96. The van der Waals surface area contributed by atoms with E-state index in [0.29, 0.717) is 0 Å². The number of nitrogen functional groups attached to an aromatic ring is 1. The number of nitrogens with one attached hydrogen (secondary N) is 2. The maximum atomic E-state index is 13.2. The van der Waals surface area contributed by atoms with Gasteiger partial charge in [0, 0.05) is 6.20 Å². The Morgan fingerprint density at radius 1 is 1.26 bits per heavy atom. The van der Waals surface area contributed by atoms with Crippen LogP contribution in [0.1, 0.15) is 27.0 Å². The minimum absolute atomic E-state index is 0.0411. The highest BCUT2D eigenvalue weighted by Crippen LogP contribution is 2.42. The second kappa shape index (κ2) is 11.8. The standard InChI is InChI=1S/C18H30N5O10P/c1-4-30-13(24)8-20-34(29,21-9-14(25)31-5-2)32-10-11-15(26)18(3,28)16(33-11)23-7-6-12(19)22-17(23)27/h6-7,11,15-16,26,28H,4-5,8-10H2,1-3H3,(H2,19,22,27)(H2,20,21,29)/t11-,15?,16-,18+/m1/s1. The van der Waals surface area contributed by atoms with E-state index in [4.69, 9.17) is 24.5 Å². The predicted octanol–water partition coefficient (Wildman–Crippen LogP) is -1.74. The maximum absolute atomic E-state index is 13.2.